The molecule has 2 aliphatic rings. The van der Waals surface area contributed by atoms with Gasteiger partial charge in [-0.2, -0.15) is 0 Å². The van der Waals surface area contributed by atoms with E-state index in [4.69, 9.17) is 9.47 Å². The molecular formula is C18H26BrNO2. The summed E-state index contributed by atoms with van der Waals surface area (Å²) in [7, 11) is 3.43. The van der Waals surface area contributed by atoms with E-state index in [1.54, 1.807) is 14.2 Å². The lowest BCUT2D eigenvalue weighted by atomic mass is 9.78. The molecule has 2 fully saturated rings. The van der Waals surface area contributed by atoms with E-state index in [1.807, 2.05) is 6.07 Å². The lowest BCUT2D eigenvalue weighted by Gasteiger charge is -2.44. The SMILES string of the molecule is COc1cc(OC)c(CN2CCC[C@H]3CCCC[C@H]32)cc1Br. The Bertz CT molecular complexity index is 518. The number of methoxy groups -OCH3 is 2. The Labute approximate surface area is 142 Å². The number of ether oxygens (including phenoxy) is 2. The first-order valence-electron chi connectivity index (χ1n) is 8.37. The number of fused-ring (bicyclic) bond motifs is 1. The number of hydrogen-bond acceptors (Lipinski definition) is 3. The maximum atomic E-state index is 5.59. The van der Waals surface area contributed by atoms with Crippen LogP contribution in [0, 0.1) is 5.92 Å². The Kier molecular flexibility index (Phi) is 5.29. The molecular weight excluding hydrogens is 342 g/mol. The fourth-order valence-electron chi connectivity index (χ4n) is 4.19. The van der Waals surface area contributed by atoms with Gasteiger partial charge in [0.1, 0.15) is 11.5 Å². The normalized spacial score (nSPS) is 25.6. The third-order valence-corrected chi connectivity index (χ3v) is 5.91. The molecule has 1 aromatic carbocycles. The van der Waals surface area contributed by atoms with Crippen LogP contribution < -0.4 is 9.47 Å². The Balaban J connectivity index is 1.80. The van der Waals surface area contributed by atoms with Crippen LogP contribution in [0.2, 0.25) is 0 Å². The second kappa shape index (κ2) is 7.22. The number of piperidine rings is 1. The minimum atomic E-state index is 0.771. The van der Waals surface area contributed by atoms with Crippen LogP contribution in [0.4, 0.5) is 0 Å². The molecule has 0 N–H and O–H groups in total. The number of likely N-dealkylation sites (tertiary alicyclic amines) is 1. The van der Waals surface area contributed by atoms with Crippen LogP contribution in [-0.2, 0) is 6.54 Å². The highest BCUT2D eigenvalue weighted by Gasteiger charge is 2.33. The molecule has 1 saturated heterocycles. The second-order valence-electron chi connectivity index (χ2n) is 6.52. The summed E-state index contributed by atoms with van der Waals surface area (Å²) in [5, 5.41) is 0. The number of halogens is 1. The highest BCUT2D eigenvalue weighted by atomic mass is 79.9. The largest absolute Gasteiger partial charge is 0.496 e. The third-order valence-electron chi connectivity index (χ3n) is 5.29. The van der Waals surface area contributed by atoms with E-state index in [0.717, 1.165) is 34.5 Å². The first-order valence-corrected chi connectivity index (χ1v) is 9.16. The van der Waals surface area contributed by atoms with E-state index in [2.05, 4.69) is 26.9 Å². The van der Waals surface area contributed by atoms with Crippen LogP contribution in [0.15, 0.2) is 16.6 Å². The molecule has 1 heterocycles. The van der Waals surface area contributed by atoms with Crippen molar-refractivity contribution < 1.29 is 9.47 Å². The highest BCUT2D eigenvalue weighted by Crippen LogP contribution is 2.38. The first-order chi connectivity index (χ1) is 10.7. The van der Waals surface area contributed by atoms with Crippen molar-refractivity contribution in [1.29, 1.82) is 0 Å². The predicted octanol–water partition coefficient (Wildman–Crippen LogP) is 4.62. The van der Waals surface area contributed by atoms with Crippen molar-refractivity contribution in [3.8, 4) is 11.5 Å². The van der Waals surface area contributed by atoms with Crippen molar-refractivity contribution in [1.82, 2.24) is 4.90 Å². The molecule has 3 rings (SSSR count). The van der Waals surface area contributed by atoms with Gasteiger partial charge in [0.15, 0.2) is 0 Å². The predicted molar refractivity (Wildman–Crippen MR) is 92.6 cm³/mol. The van der Waals surface area contributed by atoms with Gasteiger partial charge in [-0.1, -0.05) is 12.8 Å². The molecule has 0 aromatic heterocycles. The zero-order valence-electron chi connectivity index (χ0n) is 13.6. The van der Waals surface area contributed by atoms with Gasteiger partial charge in [-0.05, 0) is 60.1 Å². The van der Waals surface area contributed by atoms with Crippen LogP contribution in [0.3, 0.4) is 0 Å². The summed E-state index contributed by atoms with van der Waals surface area (Å²) >= 11 is 3.61. The Hall–Kier alpha value is -0.740. The Morgan fingerprint density at radius 3 is 2.55 bits per heavy atom. The lowest BCUT2D eigenvalue weighted by molar-refractivity contribution is 0.0541. The van der Waals surface area contributed by atoms with Crippen molar-refractivity contribution in [2.24, 2.45) is 5.92 Å². The summed E-state index contributed by atoms with van der Waals surface area (Å²) in [5.41, 5.74) is 1.25. The van der Waals surface area contributed by atoms with Gasteiger partial charge in [0.2, 0.25) is 0 Å². The van der Waals surface area contributed by atoms with E-state index in [-0.39, 0.29) is 0 Å². The maximum absolute atomic E-state index is 5.59. The fourth-order valence-corrected chi connectivity index (χ4v) is 4.74. The van der Waals surface area contributed by atoms with Crippen molar-refractivity contribution in [3.05, 3.63) is 22.2 Å². The summed E-state index contributed by atoms with van der Waals surface area (Å²) in [6.07, 6.45) is 8.36. The maximum Gasteiger partial charge on any atom is 0.136 e. The van der Waals surface area contributed by atoms with E-state index in [1.165, 1.54) is 50.6 Å². The zero-order chi connectivity index (χ0) is 15.5. The van der Waals surface area contributed by atoms with Gasteiger partial charge in [-0.25, -0.2) is 0 Å². The lowest BCUT2D eigenvalue weighted by Crippen LogP contribution is -2.46. The molecule has 1 aliphatic carbocycles. The van der Waals surface area contributed by atoms with E-state index in [0.29, 0.717) is 0 Å². The molecule has 0 unspecified atom stereocenters. The van der Waals surface area contributed by atoms with Crippen molar-refractivity contribution in [2.75, 3.05) is 20.8 Å². The standard InChI is InChI=1S/C18H26BrNO2/c1-21-17-11-18(22-2)15(19)10-14(17)12-20-9-5-7-13-6-3-4-8-16(13)20/h10-11,13,16H,3-9,12H2,1-2H3/t13-,16-/m1/s1. The third kappa shape index (κ3) is 3.28. The fraction of sp³-hybridized carbons (Fsp3) is 0.667. The summed E-state index contributed by atoms with van der Waals surface area (Å²) in [4.78, 5) is 2.68. The van der Waals surface area contributed by atoms with Gasteiger partial charge in [0.05, 0.1) is 18.7 Å². The van der Waals surface area contributed by atoms with Gasteiger partial charge < -0.3 is 9.47 Å². The molecule has 0 spiro atoms. The summed E-state index contributed by atoms with van der Waals surface area (Å²) in [6.45, 7) is 2.20. The Morgan fingerprint density at radius 1 is 1.05 bits per heavy atom. The van der Waals surface area contributed by atoms with Gasteiger partial charge in [0.25, 0.3) is 0 Å². The Morgan fingerprint density at radius 2 is 1.77 bits per heavy atom. The van der Waals surface area contributed by atoms with Gasteiger partial charge in [-0.15, -0.1) is 0 Å². The van der Waals surface area contributed by atoms with Gasteiger partial charge in [0, 0.05) is 24.2 Å². The van der Waals surface area contributed by atoms with Crippen LogP contribution in [0.1, 0.15) is 44.1 Å². The monoisotopic (exact) mass is 367 g/mol. The highest BCUT2D eigenvalue weighted by molar-refractivity contribution is 9.10. The number of benzene rings is 1. The first kappa shape index (κ1) is 16.1. The molecule has 122 valence electrons. The molecule has 0 radical (unpaired) electrons. The molecule has 3 nitrogen and oxygen atoms in total. The van der Waals surface area contributed by atoms with E-state index >= 15 is 0 Å². The van der Waals surface area contributed by atoms with Gasteiger partial charge in [-0.3, -0.25) is 4.90 Å². The number of nitrogens with zero attached hydrogens (tertiary/aromatic N) is 1. The minimum absolute atomic E-state index is 0.771. The minimum Gasteiger partial charge on any atom is -0.496 e. The zero-order valence-corrected chi connectivity index (χ0v) is 15.2. The van der Waals surface area contributed by atoms with E-state index in [9.17, 15) is 0 Å². The molecule has 1 aliphatic heterocycles. The van der Waals surface area contributed by atoms with Crippen molar-refractivity contribution in [3.63, 3.8) is 0 Å². The van der Waals surface area contributed by atoms with E-state index < -0.39 is 0 Å². The van der Waals surface area contributed by atoms with Crippen LogP contribution in [0.25, 0.3) is 0 Å². The van der Waals surface area contributed by atoms with Crippen LogP contribution in [-0.4, -0.2) is 31.7 Å². The van der Waals surface area contributed by atoms with Crippen molar-refractivity contribution in [2.45, 2.75) is 51.1 Å². The average Bonchev–Trinajstić information content (AvgIpc) is 2.55. The average molecular weight is 368 g/mol. The van der Waals surface area contributed by atoms with Crippen LogP contribution in [0.5, 0.6) is 11.5 Å². The molecule has 22 heavy (non-hydrogen) atoms. The quantitative estimate of drug-likeness (QED) is 0.774. The second-order valence-corrected chi connectivity index (χ2v) is 7.38. The summed E-state index contributed by atoms with van der Waals surface area (Å²) < 4.78 is 12.0. The van der Waals surface area contributed by atoms with Crippen LogP contribution >= 0.6 is 15.9 Å². The summed E-state index contributed by atoms with van der Waals surface area (Å²) in [6, 6.07) is 4.92. The molecule has 2 atom stereocenters. The summed E-state index contributed by atoms with van der Waals surface area (Å²) in [5.74, 6) is 2.67. The molecule has 1 aromatic rings. The topological polar surface area (TPSA) is 21.7 Å². The van der Waals surface area contributed by atoms with Crippen molar-refractivity contribution >= 4 is 15.9 Å². The molecule has 1 saturated carbocycles. The number of rotatable bonds is 4. The molecule has 4 heteroatoms. The van der Waals surface area contributed by atoms with Gasteiger partial charge >= 0.3 is 0 Å². The smallest absolute Gasteiger partial charge is 0.136 e. The molecule has 0 amide bonds. The molecule has 0 bridgehead atoms. The number of hydrogen-bond donors (Lipinski definition) is 0.